The fourth-order valence-electron chi connectivity index (χ4n) is 4.00. The number of furan rings is 1. The van der Waals surface area contributed by atoms with E-state index in [9.17, 15) is 9.59 Å². The lowest BCUT2D eigenvalue weighted by molar-refractivity contribution is -0.127. The minimum absolute atomic E-state index is 0.138. The van der Waals surface area contributed by atoms with Crippen molar-refractivity contribution in [3.05, 3.63) is 83.3 Å². The number of aromatic nitrogens is 1. The highest BCUT2D eigenvalue weighted by molar-refractivity contribution is 9.10. The molecule has 0 saturated heterocycles. The summed E-state index contributed by atoms with van der Waals surface area (Å²) in [4.78, 5) is 34.2. The minimum atomic E-state index is -0.656. The number of thiazole rings is 1. The fraction of sp³-hybridized carbons (Fsp3) is 0.292. The molecule has 1 amide bonds. The van der Waals surface area contributed by atoms with Gasteiger partial charge in [-0.15, -0.1) is 0 Å². The number of ether oxygens (including phenoxy) is 1. The highest BCUT2D eigenvalue weighted by atomic mass is 79.9. The van der Waals surface area contributed by atoms with Gasteiger partial charge in [0.15, 0.2) is 9.47 Å². The molecule has 1 aromatic carbocycles. The molecule has 1 atom stereocenters. The number of hydrogen-bond donors (Lipinski definition) is 0. The standard InChI is InChI=1S/C24H24BrN3O4S/c1-5-27(6-2)23(30)20-14(3)26-24-28(21(20)16-9-7-8-10-17(16)31-4)22(29)18(33-24)13-15-11-12-19(25)32-15/h7-13,21H,5-6H2,1-4H3/b18-13+/t21-/m0/s1. The fourth-order valence-corrected chi connectivity index (χ4v) is 5.34. The highest BCUT2D eigenvalue weighted by Gasteiger charge is 2.35. The van der Waals surface area contributed by atoms with Crippen molar-refractivity contribution in [2.45, 2.75) is 26.8 Å². The number of carbonyl (C=O) groups excluding carboxylic acids is 1. The maximum absolute atomic E-state index is 13.6. The van der Waals surface area contributed by atoms with Crippen LogP contribution >= 0.6 is 27.3 Å². The Morgan fingerprint density at radius 1 is 1.27 bits per heavy atom. The third-order valence-electron chi connectivity index (χ3n) is 5.60. The van der Waals surface area contributed by atoms with E-state index in [1.54, 1.807) is 34.8 Å². The van der Waals surface area contributed by atoms with E-state index >= 15 is 0 Å². The van der Waals surface area contributed by atoms with Gasteiger partial charge in [0, 0.05) is 24.7 Å². The number of hydrogen-bond acceptors (Lipinski definition) is 6. The molecule has 2 aromatic heterocycles. The average molecular weight is 530 g/mol. The van der Waals surface area contributed by atoms with Gasteiger partial charge in [0.05, 0.1) is 22.9 Å². The zero-order chi connectivity index (χ0) is 23.7. The maximum Gasteiger partial charge on any atom is 0.271 e. The second kappa shape index (κ2) is 9.52. The van der Waals surface area contributed by atoms with E-state index in [0.29, 0.717) is 49.9 Å². The van der Waals surface area contributed by atoms with Crippen LogP contribution in [0.4, 0.5) is 0 Å². The lowest BCUT2D eigenvalue weighted by atomic mass is 9.94. The summed E-state index contributed by atoms with van der Waals surface area (Å²) in [7, 11) is 1.58. The highest BCUT2D eigenvalue weighted by Crippen LogP contribution is 2.36. The number of nitrogens with zero attached hydrogens (tertiary/aromatic N) is 3. The lowest BCUT2D eigenvalue weighted by Crippen LogP contribution is -2.43. The molecule has 0 aliphatic carbocycles. The van der Waals surface area contributed by atoms with Gasteiger partial charge in [0.2, 0.25) is 0 Å². The molecular formula is C24H24BrN3O4S. The van der Waals surface area contributed by atoms with Crippen molar-refractivity contribution in [3.63, 3.8) is 0 Å². The SMILES string of the molecule is CCN(CC)C(=O)C1=C(C)N=c2s/c(=C/c3ccc(Br)o3)c(=O)n2[C@H]1c1ccccc1OC. The number of benzene rings is 1. The summed E-state index contributed by atoms with van der Waals surface area (Å²) in [6, 6.07) is 10.4. The summed E-state index contributed by atoms with van der Waals surface area (Å²) < 4.78 is 13.8. The number of halogens is 1. The Balaban J connectivity index is 2.00. The number of methoxy groups -OCH3 is 1. The van der Waals surface area contributed by atoms with Gasteiger partial charge in [-0.05, 0) is 54.9 Å². The van der Waals surface area contributed by atoms with Crippen molar-refractivity contribution in [1.82, 2.24) is 9.47 Å². The molecule has 0 N–H and O–H groups in total. The number of rotatable bonds is 6. The zero-order valence-electron chi connectivity index (χ0n) is 18.8. The van der Waals surface area contributed by atoms with Gasteiger partial charge in [-0.25, -0.2) is 4.99 Å². The Bertz CT molecular complexity index is 1410. The van der Waals surface area contributed by atoms with Crippen molar-refractivity contribution in [2.75, 3.05) is 20.2 Å². The smallest absolute Gasteiger partial charge is 0.271 e. The molecule has 4 rings (SSSR count). The molecule has 172 valence electrons. The van der Waals surface area contributed by atoms with E-state index in [0.717, 1.165) is 5.56 Å². The summed E-state index contributed by atoms with van der Waals surface area (Å²) >= 11 is 4.56. The zero-order valence-corrected chi connectivity index (χ0v) is 21.2. The first-order valence-electron chi connectivity index (χ1n) is 10.6. The molecule has 7 nitrogen and oxygen atoms in total. The molecule has 9 heteroatoms. The monoisotopic (exact) mass is 529 g/mol. The van der Waals surface area contributed by atoms with E-state index in [2.05, 4.69) is 20.9 Å². The quantitative estimate of drug-likeness (QED) is 0.489. The second-order valence-corrected chi connectivity index (χ2v) is 9.23. The van der Waals surface area contributed by atoms with Crippen LogP contribution < -0.4 is 19.6 Å². The predicted molar refractivity (Wildman–Crippen MR) is 131 cm³/mol. The molecule has 0 spiro atoms. The third kappa shape index (κ3) is 4.22. The van der Waals surface area contributed by atoms with Crippen LogP contribution in [0.15, 0.2) is 66.5 Å². The number of carbonyl (C=O) groups is 1. The largest absolute Gasteiger partial charge is 0.496 e. The molecule has 3 heterocycles. The molecule has 0 bridgehead atoms. The first-order valence-corrected chi connectivity index (χ1v) is 12.2. The average Bonchev–Trinajstić information content (AvgIpc) is 3.35. The Kier molecular flexibility index (Phi) is 6.71. The third-order valence-corrected chi connectivity index (χ3v) is 7.01. The van der Waals surface area contributed by atoms with Gasteiger partial charge in [-0.3, -0.25) is 14.2 Å². The van der Waals surface area contributed by atoms with Crippen LogP contribution in [0.1, 0.15) is 38.1 Å². The summed E-state index contributed by atoms with van der Waals surface area (Å²) in [6.07, 6.45) is 1.69. The molecule has 1 aliphatic heterocycles. The molecule has 0 fully saturated rings. The Labute approximate surface area is 203 Å². The van der Waals surface area contributed by atoms with Crippen LogP contribution in [-0.2, 0) is 4.79 Å². The van der Waals surface area contributed by atoms with Crippen molar-refractivity contribution in [2.24, 2.45) is 4.99 Å². The van der Waals surface area contributed by atoms with Crippen LogP contribution in [0, 0.1) is 0 Å². The first kappa shape index (κ1) is 23.3. The Morgan fingerprint density at radius 3 is 2.64 bits per heavy atom. The van der Waals surface area contributed by atoms with Crippen LogP contribution in [-0.4, -0.2) is 35.6 Å². The second-order valence-electron chi connectivity index (χ2n) is 7.44. The van der Waals surface area contributed by atoms with Crippen molar-refractivity contribution in [1.29, 1.82) is 0 Å². The number of amides is 1. The van der Waals surface area contributed by atoms with Crippen molar-refractivity contribution >= 4 is 39.2 Å². The summed E-state index contributed by atoms with van der Waals surface area (Å²) in [6.45, 7) is 6.81. The van der Waals surface area contributed by atoms with Crippen LogP contribution in [0.3, 0.4) is 0 Å². The van der Waals surface area contributed by atoms with Crippen LogP contribution in [0.5, 0.6) is 5.75 Å². The summed E-state index contributed by atoms with van der Waals surface area (Å²) in [5, 5.41) is 0. The molecule has 0 radical (unpaired) electrons. The molecule has 0 unspecified atom stereocenters. The maximum atomic E-state index is 13.6. The van der Waals surface area contributed by atoms with Crippen molar-refractivity contribution in [3.8, 4) is 5.75 Å². The topological polar surface area (TPSA) is 77.0 Å². The summed E-state index contributed by atoms with van der Waals surface area (Å²) in [5.41, 5.74) is 1.57. The lowest BCUT2D eigenvalue weighted by Gasteiger charge is -2.29. The number of fused-ring (bicyclic) bond motifs is 1. The van der Waals surface area contributed by atoms with Gasteiger partial charge in [0.1, 0.15) is 17.6 Å². The van der Waals surface area contributed by atoms with E-state index in [1.165, 1.54) is 11.3 Å². The van der Waals surface area contributed by atoms with Gasteiger partial charge in [-0.1, -0.05) is 29.5 Å². The molecular weight excluding hydrogens is 506 g/mol. The first-order chi connectivity index (χ1) is 15.9. The van der Waals surface area contributed by atoms with Gasteiger partial charge in [0.25, 0.3) is 11.5 Å². The van der Waals surface area contributed by atoms with E-state index < -0.39 is 6.04 Å². The van der Waals surface area contributed by atoms with Crippen LogP contribution in [0.2, 0.25) is 0 Å². The Morgan fingerprint density at radius 2 is 2.00 bits per heavy atom. The van der Waals surface area contributed by atoms with E-state index in [4.69, 9.17) is 9.15 Å². The van der Waals surface area contributed by atoms with Gasteiger partial charge < -0.3 is 14.1 Å². The predicted octanol–water partition coefficient (Wildman–Crippen LogP) is 3.47. The van der Waals surface area contributed by atoms with Crippen LogP contribution in [0.25, 0.3) is 6.08 Å². The normalized spacial score (nSPS) is 15.9. The van der Waals surface area contributed by atoms with Gasteiger partial charge >= 0.3 is 0 Å². The molecule has 0 saturated carbocycles. The van der Waals surface area contributed by atoms with Crippen molar-refractivity contribution < 1.29 is 13.9 Å². The minimum Gasteiger partial charge on any atom is -0.496 e. The van der Waals surface area contributed by atoms with E-state index in [1.807, 2.05) is 45.0 Å². The number of allylic oxidation sites excluding steroid dienone is 1. The molecule has 3 aromatic rings. The molecule has 33 heavy (non-hydrogen) atoms. The van der Waals surface area contributed by atoms with E-state index in [-0.39, 0.29) is 11.5 Å². The Hall–Kier alpha value is -2.91. The van der Waals surface area contributed by atoms with Gasteiger partial charge in [-0.2, -0.15) is 0 Å². The summed E-state index contributed by atoms with van der Waals surface area (Å²) in [5.74, 6) is 1.02. The number of para-hydroxylation sites is 1. The number of likely N-dealkylation sites (N-methyl/N-ethyl adjacent to an activating group) is 1. The molecule has 1 aliphatic rings.